The summed E-state index contributed by atoms with van der Waals surface area (Å²) in [7, 11) is 3.10. The molecule has 1 atom stereocenters. The van der Waals surface area contributed by atoms with Gasteiger partial charge in [-0.15, -0.1) is 0 Å². The van der Waals surface area contributed by atoms with Crippen LogP contribution in [0.5, 0.6) is 0 Å². The number of rotatable bonds is 3. The molecule has 1 aliphatic rings. The summed E-state index contributed by atoms with van der Waals surface area (Å²) in [6.45, 7) is 3.63. The van der Waals surface area contributed by atoms with E-state index in [4.69, 9.17) is 9.47 Å². The van der Waals surface area contributed by atoms with Crippen molar-refractivity contribution < 1.29 is 27.4 Å². The first kappa shape index (κ1) is 18.7. The van der Waals surface area contributed by atoms with Gasteiger partial charge in [-0.3, -0.25) is 9.48 Å². The zero-order chi connectivity index (χ0) is 18.3. The van der Waals surface area contributed by atoms with Crippen molar-refractivity contribution in [2.45, 2.75) is 44.8 Å². The van der Waals surface area contributed by atoms with E-state index in [-0.39, 0.29) is 18.7 Å². The number of halogens is 3. The summed E-state index contributed by atoms with van der Waals surface area (Å²) < 4.78 is 51.9. The normalized spacial score (nSPS) is 24.2. The highest BCUT2D eigenvalue weighted by Gasteiger charge is 2.58. The number of ether oxygens (including phenoxy) is 2. The maximum Gasteiger partial charge on any atom is 0.418 e. The van der Waals surface area contributed by atoms with E-state index in [1.54, 1.807) is 7.05 Å². The average Bonchev–Trinajstić information content (AvgIpc) is 2.76. The number of hydrogen-bond acceptors (Lipinski definition) is 4. The fraction of sp³-hybridized carbons (Fsp3) is 0.733. The molecule has 0 bridgehead atoms. The van der Waals surface area contributed by atoms with Gasteiger partial charge >= 0.3 is 6.18 Å². The Morgan fingerprint density at radius 3 is 2.54 bits per heavy atom. The third-order valence-corrected chi connectivity index (χ3v) is 3.87. The lowest BCUT2D eigenvalue weighted by Crippen LogP contribution is -2.65. The van der Waals surface area contributed by atoms with Crippen molar-refractivity contribution in [1.82, 2.24) is 14.7 Å². The molecule has 1 aromatic heterocycles. The molecule has 2 heterocycles. The van der Waals surface area contributed by atoms with E-state index in [9.17, 15) is 18.0 Å². The van der Waals surface area contributed by atoms with E-state index in [1.807, 2.05) is 0 Å². The van der Waals surface area contributed by atoms with E-state index < -0.39 is 29.8 Å². The lowest BCUT2D eigenvalue weighted by atomic mass is 9.96. The number of hydrogen-bond donors (Lipinski definition) is 0. The Labute approximate surface area is 138 Å². The Morgan fingerprint density at radius 2 is 2.00 bits per heavy atom. The fourth-order valence-electron chi connectivity index (χ4n) is 2.97. The van der Waals surface area contributed by atoms with Gasteiger partial charge in [-0.1, -0.05) is 0 Å². The van der Waals surface area contributed by atoms with Gasteiger partial charge in [0.1, 0.15) is 5.69 Å². The van der Waals surface area contributed by atoms with Gasteiger partial charge in [0.25, 0.3) is 5.91 Å². The van der Waals surface area contributed by atoms with Crippen LogP contribution in [0.25, 0.3) is 0 Å². The number of nitrogens with zero attached hydrogens (tertiary/aromatic N) is 3. The summed E-state index contributed by atoms with van der Waals surface area (Å²) in [5.74, 6) is -0.512. The van der Waals surface area contributed by atoms with Crippen LogP contribution in [0.3, 0.4) is 0 Å². The van der Waals surface area contributed by atoms with Crippen molar-refractivity contribution in [3.63, 3.8) is 0 Å². The Hall–Kier alpha value is -1.61. The molecule has 1 aromatic rings. The van der Waals surface area contributed by atoms with E-state index in [2.05, 4.69) is 5.10 Å². The molecular formula is C15H22F3N3O3. The molecule has 0 aliphatic carbocycles. The second kappa shape index (κ2) is 6.03. The lowest BCUT2D eigenvalue weighted by Gasteiger charge is -2.48. The fourth-order valence-corrected chi connectivity index (χ4v) is 2.97. The Bertz CT molecular complexity index is 627. The van der Waals surface area contributed by atoms with Gasteiger partial charge in [-0.05, 0) is 20.8 Å². The van der Waals surface area contributed by atoms with Gasteiger partial charge in [0.05, 0.1) is 24.3 Å². The van der Waals surface area contributed by atoms with Crippen LogP contribution in [-0.4, -0.2) is 58.2 Å². The minimum atomic E-state index is -4.59. The SMILES string of the molecule is COCc1nn(C)cc1C(=O)N1CC(C)(C)O[C@](C)(C(F)(F)F)C1. The van der Waals surface area contributed by atoms with Gasteiger partial charge in [0.15, 0.2) is 5.60 Å². The standard InChI is InChI=1S/C15H22F3N3O3/c1-13(2)8-21(9-14(3,24-13)15(16,17)18)12(22)10-6-20(4)19-11(10)7-23-5/h6H,7-9H2,1-5H3/t14-/m0/s1. The number of carbonyl (C=O) groups is 1. The number of carbonyl (C=O) groups excluding carboxylic acids is 1. The molecular weight excluding hydrogens is 327 g/mol. The molecule has 1 saturated heterocycles. The Balaban J connectivity index is 2.35. The molecule has 136 valence electrons. The van der Waals surface area contributed by atoms with Gasteiger partial charge in [-0.2, -0.15) is 18.3 Å². The largest absolute Gasteiger partial charge is 0.418 e. The topological polar surface area (TPSA) is 56.6 Å². The average molecular weight is 349 g/mol. The van der Waals surface area contributed by atoms with Crippen LogP contribution in [0.1, 0.15) is 36.8 Å². The molecule has 24 heavy (non-hydrogen) atoms. The molecule has 0 spiro atoms. The smallest absolute Gasteiger partial charge is 0.378 e. The van der Waals surface area contributed by atoms with Crippen molar-refractivity contribution in [3.05, 3.63) is 17.5 Å². The maximum absolute atomic E-state index is 13.4. The molecule has 0 unspecified atom stereocenters. The second-order valence-corrected chi connectivity index (χ2v) is 6.85. The van der Waals surface area contributed by atoms with E-state index in [1.165, 1.54) is 36.7 Å². The number of aromatic nitrogens is 2. The first-order valence-electron chi connectivity index (χ1n) is 7.46. The van der Waals surface area contributed by atoms with Crippen molar-refractivity contribution in [2.75, 3.05) is 20.2 Å². The van der Waals surface area contributed by atoms with Crippen molar-refractivity contribution in [2.24, 2.45) is 7.05 Å². The van der Waals surface area contributed by atoms with Crippen LogP contribution in [0.15, 0.2) is 6.20 Å². The Kier molecular flexibility index (Phi) is 4.71. The molecule has 0 N–H and O–H groups in total. The van der Waals surface area contributed by atoms with Crippen LogP contribution in [0, 0.1) is 0 Å². The van der Waals surface area contributed by atoms with E-state index >= 15 is 0 Å². The number of methoxy groups -OCH3 is 1. The zero-order valence-electron chi connectivity index (χ0n) is 14.4. The van der Waals surface area contributed by atoms with Crippen molar-refractivity contribution in [1.29, 1.82) is 0 Å². The monoisotopic (exact) mass is 349 g/mol. The highest BCUT2D eigenvalue weighted by molar-refractivity contribution is 5.95. The minimum absolute atomic E-state index is 0.0544. The predicted octanol–water partition coefficient (Wildman–Crippen LogP) is 2.14. The molecule has 1 amide bonds. The highest BCUT2D eigenvalue weighted by atomic mass is 19.4. The molecule has 1 fully saturated rings. The molecule has 0 radical (unpaired) electrons. The Morgan fingerprint density at radius 1 is 1.38 bits per heavy atom. The van der Waals surface area contributed by atoms with Gasteiger partial charge in [0, 0.05) is 26.9 Å². The van der Waals surface area contributed by atoms with Crippen molar-refractivity contribution >= 4 is 5.91 Å². The third kappa shape index (κ3) is 3.56. The number of alkyl halides is 3. The van der Waals surface area contributed by atoms with Crippen LogP contribution >= 0.6 is 0 Å². The van der Waals surface area contributed by atoms with Gasteiger partial charge in [0.2, 0.25) is 0 Å². The summed E-state index contributed by atoms with van der Waals surface area (Å²) in [5.41, 5.74) is -2.92. The highest BCUT2D eigenvalue weighted by Crippen LogP contribution is 2.40. The minimum Gasteiger partial charge on any atom is -0.378 e. The molecule has 2 rings (SSSR count). The van der Waals surface area contributed by atoms with Crippen molar-refractivity contribution in [3.8, 4) is 0 Å². The number of aryl methyl sites for hydroxylation is 1. The zero-order valence-corrected chi connectivity index (χ0v) is 14.4. The number of amides is 1. The van der Waals surface area contributed by atoms with E-state index in [0.717, 1.165) is 6.92 Å². The lowest BCUT2D eigenvalue weighted by molar-refractivity contribution is -0.318. The maximum atomic E-state index is 13.4. The predicted molar refractivity (Wildman–Crippen MR) is 79.4 cm³/mol. The number of morpholine rings is 1. The van der Waals surface area contributed by atoms with Gasteiger partial charge < -0.3 is 14.4 Å². The molecule has 0 aromatic carbocycles. The van der Waals surface area contributed by atoms with Gasteiger partial charge in [-0.25, -0.2) is 0 Å². The summed E-state index contributed by atoms with van der Waals surface area (Å²) in [6, 6.07) is 0. The molecule has 6 nitrogen and oxygen atoms in total. The molecule has 9 heteroatoms. The second-order valence-electron chi connectivity index (χ2n) is 6.85. The first-order valence-corrected chi connectivity index (χ1v) is 7.46. The third-order valence-electron chi connectivity index (χ3n) is 3.87. The molecule has 1 aliphatic heterocycles. The molecule has 0 saturated carbocycles. The van der Waals surface area contributed by atoms with Crippen LogP contribution < -0.4 is 0 Å². The van der Waals surface area contributed by atoms with Crippen LogP contribution in [0.2, 0.25) is 0 Å². The summed E-state index contributed by atoms with van der Waals surface area (Å²) in [4.78, 5) is 14.0. The summed E-state index contributed by atoms with van der Waals surface area (Å²) in [5, 5.41) is 4.13. The summed E-state index contributed by atoms with van der Waals surface area (Å²) in [6.07, 6.45) is -3.10. The summed E-state index contributed by atoms with van der Waals surface area (Å²) >= 11 is 0. The van der Waals surface area contributed by atoms with Crippen LogP contribution in [0.4, 0.5) is 13.2 Å². The first-order chi connectivity index (χ1) is 10.9. The van der Waals surface area contributed by atoms with E-state index in [0.29, 0.717) is 5.69 Å². The quantitative estimate of drug-likeness (QED) is 0.839. The van der Waals surface area contributed by atoms with Crippen LogP contribution in [-0.2, 0) is 23.1 Å².